The van der Waals surface area contributed by atoms with Crippen molar-refractivity contribution >= 4 is 17.7 Å². The number of esters is 2. The maximum atomic E-state index is 11.9. The molecule has 5 heteroatoms. The molecule has 0 aliphatic heterocycles. The summed E-state index contributed by atoms with van der Waals surface area (Å²) in [6.07, 6.45) is 6.65. The van der Waals surface area contributed by atoms with Gasteiger partial charge in [-0.05, 0) is 20.3 Å². The number of carbonyl (C=O) groups excluding carboxylic acids is 3. The minimum atomic E-state index is -1.02. The molecule has 122 valence electrons. The van der Waals surface area contributed by atoms with Crippen LogP contribution in [-0.4, -0.2) is 30.9 Å². The van der Waals surface area contributed by atoms with Crippen molar-refractivity contribution in [1.29, 1.82) is 0 Å². The van der Waals surface area contributed by atoms with E-state index in [4.69, 9.17) is 4.74 Å². The van der Waals surface area contributed by atoms with Crippen LogP contribution < -0.4 is 0 Å². The van der Waals surface area contributed by atoms with Gasteiger partial charge in [-0.15, -0.1) is 0 Å². The SMILES string of the molecule is CCCCCCCCC(C(=O)OCC)C(=O)C(=O)OCC. The largest absolute Gasteiger partial charge is 0.465 e. The van der Waals surface area contributed by atoms with E-state index >= 15 is 0 Å². The molecule has 1 atom stereocenters. The van der Waals surface area contributed by atoms with E-state index in [-0.39, 0.29) is 13.2 Å². The summed E-state index contributed by atoms with van der Waals surface area (Å²) >= 11 is 0. The fourth-order valence-corrected chi connectivity index (χ4v) is 2.07. The minimum Gasteiger partial charge on any atom is -0.465 e. The normalized spacial score (nSPS) is 11.8. The predicted octanol–water partition coefficient (Wildman–Crippen LogP) is 3.05. The van der Waals surface area contributed by atoms with Gasteiger partial charge < -0.3 is 9.47 Å². The molecule has 0 aliphatic carbocycles. The zero-order chi connectivity index (χ0) is 16.1. The quantitative estimate of drug-likeness (QED) is 0.240. The molecule has 0 heterocycles. The first kappa shape index (κ1) is 19.6. The topological polar surface area (TPSA) is 69.7 Å². The van der Waals surface area contributed by atoms with E-state index in [1.165, 1.54) is 12.8 Å². The molecule has 1 unspecified atom stereocenters. The average molecular weight is 300 g/mol. The monoisotopic (exact) mass is 300 g/mol. The van der Waals surface area contributed by atoms with E-state index in [0.717, 1.165) is 25.7 Å². The molecule has 0 aromatic rings. The first-order valence-electron chi connectivity index (χ1n) is 7.95. The van der Waals surface area contributed by atoms with E-state index in [1.54, 1.807) is 13.8 Å². The van der Waals surface area contributed by atoms with E-state index in [2.05, 4.69) is 11.7 Å². The molecule has 0 spiro atoms. The zero-order valence-electron chi connectivity index (χ0n) is 13.5. The Morgan fingerprint density at radius 3 is 1.95 bits per heavy atom. The molecular weight excluding hydrogens is 272 g/mol. The van der Waals surface area contributed by atoms with Gasteiger partial charge in [-0.2, -0.15) is 0 Å². The van der Waals surface area contributed by atoms with Crippen molar-refractivity contribution in [1.82, 2.24) is 0 Å². The van der Waals surface area contributed by atoms with Crippen LogP contribution in [0, 0.1) is 5.92 Å². The van der Waals surface area contributed by atoms with Crippen molar-refractivity contribution in [3.8, 4) is 0 Å². The van der Waals surface area contributed by atoms with Crippen LogP contribution in [0.3, 0.4) is 0 Å². The Balaban J connectivity index is 4.36. The Hall–Kier alpha value is -1.39. The molecule has 0 fully saturated rings. The molecule has 0 aromatic heterocycles. The number of rotatable bonds is 12. The van der Waals surface area contributed by atoms with Gasteiger partial charge in [0.25, 0.3) is 5.78 Å². The molecule has 0 aromatic carbocycles. The first-order valence-corrected chi connectivity index (χ1v) is 7.95. The third kappa shape index (κ3) is 8.48. The maximum absolute atomic E-state index is 11.9. The van der Waals surface area contributed by atoms with Crippen molar-refractivity contribution in [2.45, 2.75) is 65.7 Å². The summed E-state index contributed by atoms with van der Waals surface area (Å²) in [5.74, 6) is -3.37. The van der Waals surface area contributed by atoms with E-state index in [9.17, 15) is 14.4 Å². The standard InChI is InChI=1S/C16H28O5/c1-4-7-8-9-10-11-12-13(15(18)20-5-2)14(17)16(19)21-6-3/h13H,4-12H2,1-3H3. The number of Topliss-reactive ketones (excluding diaryl/α,β-unsaturated/α-hetero) is 1. The molecule has 21 heavy (non-hydrogen) atoms. The van der Waals surface area contributed by atoms with E-state index in [1.807, 2.05) is 0 Å². The number of hydrogen-bond acceptors (Lipinski definition) is 5. The van der Waals surface area contributed by atoms with E-state index < -0.39 is 23.6 Å². The highest BCUT2D eigenvalue weighted by Gasteiger charge is 2.33. The summed E-state index contributed by atoms with van der Waals surface area (Å²) in [5, 5.41) is 0. The summed E-state index contributed by atoms with van der Waals surface area (Å²) in [7, 11) is 0. The lowest BCUT2D eigenvalue weighted by Crippen LogP contribution is -2.33. The number of ether oxygens (including phenoxy) is 2. The van der Waals surface area contributed by atoms with Crippen LogP contribution in [0.2, 0.25) is 0 Å². The Morgan fingerprint density at radius 1 is 0.810 bits per heavy atom. The van der Waals surface area contributed by atoms with Crippen molar-refractivity contribution in [3.05, 3.63) is 0 Å². The molecule has 0 saturated heterocycles. The summed E-state index contributed by atoms with van der Waals surface area (Å²) < 4.78 is 9.56. The smallest absolute Gasteiger partial charge is 0.375 e. The van der Waals surface area contributed by atoms with E-state index in [0.29, 0.717) is 6.42 Å². The Labute approximate surface area is 127 Å². The number of carbonyl (C=O) groups is 3. The van der Waals surface area contributed by atoms with Gasteiger partial charge in [0.1, 0.15) is 5.92 Å². The highest BCUT2D eigenvalue weighted by atomic mass is 16.5. The second kappa shape index (κ2) is 12.4. The van der Waals surface area contributed by atoms with Crippen LogP contribution in [0.4, 0.5) is 0 Å². The summed E-state index contributed by atoms with van der Waals surface area (Å²) in [5.41, 5.74) is 0. The molecule has 5 nitrogen and oxygen atoms in total. The van der Waals surface area contributed by atoms with Gasteiger partial charge in [0.15, 0.2) is 0 Å². The maximum Gasteiger partial charge on any atom is 0.375 e. The molecule has 0 radical (unpaired) electrons. The van der Waals surface area contributed by atoms with Crippen LogP contribution in [0.15, 0.2) is 0 Å². The molecule has 0 aliphatic rings. The van der Waals surface area contributed by atoms with Crippen molar-refractivity contribution < 1.29 is 23.9 Å². The Bertz CT molecular complexity index is 325. The molecule has 0 saturated carbocycles. The van der Waals surface area contributed by atoms with Crippen LogP contribution in [0.25, 0.3) is 0 Å². The van der Waals surface area contributed by atoms with Gasteiger partial charge in [0.2, 0.25) is 0 Å². The van der Waals surface area contributed by atoms with Crippen molar-refractivity contribution in [2.75, 3.05) is 13.2 Å². The second-order valence-electron chi connectivity index (χ2n) is 4.95. The molecule has 0 amide bonds. The first-order chi connectivity index (χ1) is 10.1. The molecule has 0 bridgehead atoms. The number of hydrogen-bond donors (Lipinski definition) is 0. The van der Waals surface area contributed by atoms with Crippen molar-refractivity contribution in [3.63, 3.8) is 0 Å². The fourth-order valence-electron chi connectivity index (χ4n) is 2.07. The van der Waals surface area contributed by atoms with Gasteiger partial charge >= 0.3 is 11.9 Å². The predicted molar refractivity (Wildman–Crippen MR) is 79.8 cm³/mol. The van der Waals surface area contributed by atoms with Crippen LogP contribution >= 0.6 is 0 Å². The van der Waals surface area contributed by atoms with Gasteiger partial charge in [-0.3, -0.25) is 9.59 Å². The Kier molecular flexibility index (Phi) is 11.5. The highest BCUT2D eigenvalue weighted by Crippen LogP contribution is 2.16. The zero-order valence-corrected chi connectivity index (χ0v) is 13.5. The van der Waals surface area contributed by atoms with Crippen molar-refractivity contribution in [2.24, 2.45) is 5.92 Å². The van der Waals surface area contributed by atoms with Gasteiger partial charge in [-0.1, -0.05) is 45.4 Å². The second-order valence-corrected chi connectivity index (χ2v) is 4.95. The van der Waals surface area contributed by atoms with Crippen LogP contribution in [0.1, 0.15) is 65.7 Å². The molecule has 0 N–H and O–H groups in total. The van der Waals surface area contributed by atoms with Crippen LogP contribution in [-0.2, 0) is 23.9 Å². The number of ketones is 1. The summed E-state index contributed by atoms with van der Waals surface area (Å²) in [4.78, 5) is 35.2. The lowest BCUT2D eigenvalue weighted by atomic mass is 9.96. The lowest BCUT2D eigenvalue weighted by Gasteiger charge is -2.13. The summed E-state index contributed by atoms with van der Waals surface area (Å²) in [6, 6.07) is 0. The molecular formula is C16H28O5. The van der Waals surface area contributed by atoms with Gasteiger partial charge in [0.05, 0.1) is 13.2 Å². The third-order valence-corrected chi connectivity index (χ3v) is 3.21. The third-order valence-electron chi connectivity index (χ3n) is 3.21. The lowest BCUT2D eigenvalue weighted by molar-refractivity contribution is -0.162. The van der Waals surface area contributed by atoms with Crippen LogP contribution in [0.5, 0.6) is 0 Å². The average Bonchev–Trinajstić information content (AvgIpc) is 2.46. The summed E-state index contributed by atoms with van der Waals surface area (Å²) in [6.45, 7) is 5.76. The highest BCUT2D eigenvalue weighted by molar-refractivity contribution is 6.37. The Morgan fingerprint density at radius 2 is 1.38 bits per heavy atom. The minimum absolute atomic E-state index is 0.122. The fraction of sp³-hybridized carbons (Fsp3) is 0.812. The molecule has 0 rings (SSSR count). The van der Waals surface area contributed by atoms with Gasteiger partial charge in [-0.25, -0.2) is 4.79 Å². The van der Waals surface area contributed by atoms with Gasteiger partial charge in [0, 0.05) is 0 Å². The number of unbranched alkanes of at least 4 members (excludes halogenated alkanes) is 5.